The van der Waals surface area contributed by atoms with E-state index in [0.29, 0.717) is 0 Å². The minimum Gasteiger partial charge on any atom is -0.392 e. The van der Waals surface area contributed by atoms with Crippen LogP contribution in [-0.4, -0.2) is 25.1 Å². The highest BCUT2D eigenvalue weighted by molar-refractivity contribution is 5.85. The molecule has 2 aromatic carbocycles. The average molecular weight is 418 g/mol. The van der Waals surface area contributed by atoms with Gasteiger partial charge in [-0.25, -0.2) is 0 Å². The molecule has 0 radical (unpaired) electrons. The van der Waals surface area contributed by atoms with Crippen LogP contribution in [0.15, 0.2) is 67.0 Å². The average Bonchev–Trinajstić information content (AvgIpc) is 3.28. The van der Waals surface area contributed by atoms with E-state index in [1.54, 1.807) is 0 Å². The van der Waals surface area contributed by atoms with Crippen LogP contribution in [0, 0.1) is 0 Å². The topological polar surface area (TPSA) is 31.1 Å². The molecule has 3 nitrogen and oxygen atoms in total. The molecule has 3 heteroatoms. The number of allylic oxidation sites excluding steroid dienone is 1. The minimum absolute atomic E-state index is 1.09. The van der Waals surface area contributed by atoms with Crippen molar-refractivity contribution >= 4 is 16.6 Å². The van der Waals surface area contributed by atoms with Crippen LogP contribution in [0.5, 0.6) is 0 Å². The van der Waals surface area contributed by atoms with Gasteiger partial charge in [0.05, 0.1) is 0 Å². The number of nitrogens with one attached hydrogen (secondary N) is 2. The molecule has 0 bridgehead atoms. The lowest BCUT2D eigenvalue weighted by Crippen LogP contribution is -2.25. The van der Waals surface area contributed by atoms with Crippen LogP contribution in [-0.2, 0) is 0 Å². The third-order valence-electron chi connectivity index (χ3n) is 6.16. The molecule has 1 aromatic heterocycles. The fourth-order valence-electron chi connectivity index (χ4n) is 4.13. The number of aromatic amines is 1. The van der Waals surface area contributed by atoms with Gasteiger partial charge in [-0.15, -0.1) is 0 Å². The number of rotatable bonds is 14. The molecular formula is C28H39N3. The molecule has 0 unspecified atom stereocenters. The lowest BCUT2D eigenvalue weighted by Gasteiger charge is -2.25. The first-order chi connectivity index (χ1) is 15.2. The summed E-state index contributed by atoms with van der Waals surface area (Å²) in [5.41, 5.74) is 6.24. The second kappa shape index (κ2) is 12.2. The number of H-pyrrole nitrogens is 1. The second-order valence-corrected chi connectivity index (χ2v) is 8.54. The second-order valence-electron chi connectivity index (χ2n) is 8.54. The molecular weight excluding hydrogens is 378 g/mol. The Labute approximate surface area is 188 Å². The molecule has 0 saturated heterocycles. The fourth-order valence-corrected chi connectivity index (χ4v) is 4.13. The maximum Gasteiger partial charge on any atom is 0.0460 e. The van der Waals surface area contributed by atoms with Gasteiger partial charge in [-0.2, -0.15) is 0 Å². The van der Waals surface area contributed by atoms with Crippen molar-refractivity contribution in [3.05, 3.63) is 67.0 Å². The van der Waals surface area contributed by atoms with Crippen LogP contribution < -0.4 is 10.2 Å². The fraction of sp³-hybridized carbons (Fsp3) is 0.429. The maximum absolute atomic E-state index is 4.02. The van der Waals surface area contributed by atoms with Crippen molar-refractivity contribution in [3.8, 4) is 11.1 Å². The van der Waals surface area contributed by atoms with Crippen molar-refractivity contribution in [1.82, 2.24) is 10.3 Å². The van der Waals surface area contributed by atoms with E-state index in [9.17, 15) is 0 Å². The first kappa shape index (κ1) is 23.0. The zero-order valence-electron chi connectivity index (χ0n) is 19.4. The monoisotopic (exact) mass is 417 g/mol. The molecule has 0 atom stereocenters. The Kier molecular flexibility index (Phi) is 9.08. The molecule has 0 aliphatic heterocycles. The zero-order valence-corrected chi connectivity index (χ0v) is 19.4. The van der Waals surface area contributed by atoms with Gasteiger partial charge >= 0.3 is 0 Å². The molecule has 0 saturated carbocycles. The summed E-state index contributed by atoms with van der Waals surface area (Å²) >= 11 is 0. The third-order valence-corrected chi connectivity index (χ3v) is 6.16. The predicted octanol–water partition coefficient (Wildman–Crippen LogP) is 7.52. The third kappa shape index (κ3) is 6.92. The molecule has 3 aromatic rings. The Hall–Kier alpha value is -2.68. The van der Waals surface area contributed by atoms with Crippen molar-refractivity contribution in [2.24, 2.45) is 0 Å². The standard InChI is InChI=1S/C28H39N3/c1-4-5-9-20-31(21-10-7-6-8-11-23(2)29-3)27-16-14-24(15-17-27)26-13-12-25-18-19-30-28(25)22-26/h12-19,22,29-30H,2,4-11,20-21H2,1,3H3. The molecule has 0 fully saturated rings. The van der Waals surface area contributed by atoms with Gasteiger partial charge in [-0.1, -0.05) is 63.5 Å². The molecule has 1 heterocycles. The molecule has 0 spiro atoms. The molecule has 2 N–H and O–H groups in total. The van der Waals surface area contributed by atoms with E-state index in [0.717, 1.165) is 25.2 Å². The van der Waals surface area contributed by atoms with Crippen LogP contribution in [0.2, 0.25) is 0 Å². The van der Waals surface area contributed by atoms with Gasteiger partial charge in [-0.3, -0.25) is 0 Å². The van der Waals surface area contributed by atoms with Gasteiger partial charge in [0.1, 0.15) is 0 Å². The number of anilines is 1. The summed E-state index contributed by atoms with van der Waals surface area (Å²) in [6.45, 7) is 8.59. The van der Waals surface area contributed by atoms with Crippen LogP contribution in [0.25, 0.3) is 22.0 Å². The SMILES string of the molecule is C=C(CCCCCCN(CCCCC)c1ccc(-c2ccc3cc[nH]c3c2)cc1)NC. The Morgan fingerprint density at radius 3 is 2.32 bits per heavy atom. The quantitative estimate of drug-likeness (QED) is 0.266. The maximum atomic E-state index is 4.02. The Morgan fingerprint density at radius 2 is 1.58 bits per heavy atom. The number of aromatic nitrogens is 1. The van der Waals surface area contributed by atoms with Gasteiger partial charge in [-0.05, 0) is 66.5 Å². The van der Waals surface area contributed by atoms with Gasteiger partial charge in [0, 0.05) is 43.2 Å². The summed E-state index contributed by atoms with van der Waals surface area (Å²) in [7, 11) is 1.96. The highest BCUT2D eigenvalue weighted by Crippen LogP contribution is 2.26. The van der Waals surface area contributed by atoms with Crippen molar-refractivity contribution < 1.29 is 0 Å². The van der Waals surface area contributed by atoms with Crippen LogP contribution in [0.1, 0.15) is 58.3 Å². The summed E-state index contributed by atoms with van der Waals surface area (Å²) in [6, 6.07) is 17.9. The predicted molar refractivity (Wildman–Crippen MR) is 137 cm³/mol. The highest BCUT2D eigenvalue weighted by atomic mass is 15.1. The molecule has 166 valence electrons. The van der Waals surface area contributed by atoms with E-state index in [1.165, 1.54) is 72.7 Å². The normalized spacial score (nSPS) is 11.0. The number of unbranched alkanes of at least 4 members (excludes halogenated alkanes) is 5. The molecule has 31 heavy (non-hydrogen) atoms. The van der Waals surface area contributed by atoms with E-state index in [2.05, 4.69) is 77.2 Å². The smallest absolute Gasteiger partial charge is 0.0460 e. The van der Waals surface area contributed by atoms with E-state index in [4.69, 9.17) is 0 Å². The van der Waals surface area contributed by atoms with Crippen molar-refractivity contribution in [2.75, 3.05) is 25.0 Å². The van der Waals surface area contributed by atoms with Gasteiger partial charge < -0.3 is 15.2 Å². The molecule has 0 aliphatic rings. The van der Waals surface area contributed by atoms with E-state index < -0.39 is 0 Å². The molecule has 0 aliphatic carbocycles. The van der Waals surface area contributed by atoms with E-state index in [1.807, 2.05) is 13.2 Å². The van der Waals surface area contributed by atoms with Crippen LogP contribution >= 0.6 is 0 Å². The number of hydrogen-bond donors (Lipinski definition) is 2. The number of benzene rings is 2. The van der Waals surface area contributed by atoms with Gasteiger partial charge in [0.2, 0.25) is 0 Å². The summed E-state index contributed by atoms with van der Waals surface area (Å²) in [5.74, 6) is 0. The highest BCUT2D eigenvalue weighted by Gasteiger charge is 2.08. The lowest BCUT2D eigenvalue weighted by molar-refractivity contribution is 0.603. The Balaban J connectivity index is 1.58. The number of hydrogen-bond acceptors (Lipinski definition) is 2. The molecule has 3 rings (SSSR count). The molecule has 0 amide bonds. The first-order valence-corrected chi connectivity index (χ1v) is 12.0. The van der Waals surface area contributed by atoms with Gasteiger partial charge in [0.15, 0.2) is 0 Å². The Bertz CT molecular complexity index is 923. The number of fused-ring (bicyclic) bond motifs is 1. The minimum atomic E-state index is 1.09. The summed E-state index contributed by atoms with van der Waals surface area (Å²) in [5, 5.41) is 4.41. The first-order valence-electron chi connectivity index (χ1n) is 12.0. The largest absolute Gasteiger partial charge is 0.392 e. The zero-order chi connectivity index (χ0) is 21.9. The van der Waals surface area contributed by atoms with Crippen molar-refractivity contribution in [1.29, 1.82) is 0 Å². The van der Waals surface area contributed by atoms with E-state index in [-0.39, 0.29) is 0 Å². The summed E-state index contributed by atoms with van der Waals surface area (Å²) in [6.07, 6.45) is 12.0. The Morgan fingerprint density at radius 1 is 0.871 bits per heavy atom. The van der Waals surface area contributed by atoms with E-state index >= 15 is 0 Å². The van der Waals surface area contributed by atoms with Crippen molar-refractivity contribution in [2.45, 2.75) is 58.3 Å². The summed E-state index contributed by atoms with van der Waals surface area (Å²) in [4.78, 5) is 5.90. The number of nitrogens with zero attached hydrogens (tertiary/aromatic N) is 1. The van der Waals surface area contributed by atoms with Gasteiger partial charge in [0.25, 0.3) is 0 Å². The van der Waals surface area contributed by atoms with Crippen molar-refractivity contribution in [3.63, 3.8) is 0 Å². The summed E-state index contributed by atoms with van der Waals surface area (Å²) < 4.78 is 0. The van der Waals surface area contributed by atoms with Crippen LogP contribution in [0.3, 0.4) is 0 Å². The van der Waals surface area contributed by atoms with Crippen LogP contribution in [0.4, 0.5) is 5.69 Å². The lowest BCUT2D eigenvalue weighted by atomic mass is 10.0.